The third kappa shape index (κ3) is 3.08. The van der Waals surface area contributed by atoms with E-state index in [0.717, 1.165) is 9.90 Å². The normalized spacial score (nSPS) is 10.5. The molecule has 0 bridgehead atoms. The Morgan fingerprint density at radius 3 is 2.74 bits per heavy atom. The van der Waals surface area contributed by atoms with Crippen LogP contribution in [0.2, 0.25) is 0 Å². The van der Waals surface area contributed by atoms with Gasteiger partial charge in [0.25, 0.3) is 0 Å². The number of anilines is 2. The minimum atomic E-state index is -0.255. The second-order valence-electron chi connectivity index (χ2n) is 4.01. The average Bonchev–Trinajstić information content (AvgIpc) is 2.77. The highest BCUT2D eigenvalue weighted by Crippen LogP contribution is 2.34. The summed E-state index contributed by atoms with van der Waals surface area (Å²) in [6.45, 7) is 1.72. The summed E-state index contributed by atoms with van der Waals surface area (Å²) in [5.41, 5.74) is 7.55. The van der Waals surface area contributed by atoms with Crippen LogP contribution in [0, 0.1) is 18.2 Å². The van der Waals surface area contributed by atoms with Gasteiger partial charge in [-0.05, 0) is 36.9 Å². The Bertz CT molecular complexity index is 622. The fourth-order valence-electron chi connectivity index (χ4n) is 1.59. The van der Waals surface area contributed by atoms with E-state index in [-0.39, 0.29) is 11.7 Å². The molecule has 2 aromatic rings. The molecule has 1 heterocycles. The number of hydrogen-bond acceptors (Lipinski definition) is 4. The van der Waals surface area contributed by atoms with E-state index in [9.17, 15) is 4.39 Å². The number of nitrogens with two attached hydrogens (primary N) is 1. The molecular formula is C13H14FN3S2. The number of amidine groups is 1. The van der Waals surface area contributed by atoms with Gasteiger partial charge in [0, 0.05) is 5.69 Å². The maximum Gasteiger partial charge on any atom is 0.135 e. The molecule has 4 N–H and O–H groups in total. The van der Waals surface area contributed by atoms with Gasteiger partial charge in [0.1, 0.15) is 11.7 Å². The molecule has 3 nitrogen and oxygen atoms in total. The van der Waals surface area contributed by atoms with Crippen LogP contribution in [0.4, 0.5) is 15.8 Å². The summed E-state index contributed by atoms with van der Waals surface area (Å²) in [5.74, 6) is -0.241. The van der Waals surface area contributed by atoms with E-state index in [4.69, 9.17) is 11.1 Å². The quantitative estimate of drug-likeness (QED) is 0.455. The smallest absolute Gasteiger partial charge is 0.135 e. The zero-order chi connectivity index (χ0) is 14.0. The summed E-state index contributed by atoms with van der Waals surface area (Å²) in [5, 5.41) is 10.7. The first kappa shape index (κ1) is 13.9. The molecule has 0 fully saturated rings. The molecule has 0 atom stereocenters. The molecule has 1 aromatic carbocycles. The van der Waals surface area contributed by atoms with Crippen molar-refractivity contribution >= 4 is 40.3 Å². The molecular weight excluding hydrogens is 281 g/mol. The fourth-order valence-corrected chi connectivity index (χ4v) is 3.11. The number of rotatable bonds is 4. The molecule has 0 spiro atoms. The topological polar surface area (TPSA) is 61.9 Å². The average molecular weight is 295 g/mol. The molecule has 0 aliphatic heterocycles. The monoisotopic (exact) mass is 295 g/mol. The second kappa shape index (κ2) is 5.63. The van der Waals surface area contributed by atoms with Gasteiger partial charge in [-0.15, -0.1) is 23.1 Å². The van der Waals surface area contributed by atoms with Crippen LogP contribution in [0.15, 0.2) is 28.5 Å². The van der Waals surface area contributed by atoms with Crippen LogP contribution in [0.1, 0.15) is 10.4 Å². The molecule has 0 aliphatic rings. The summed E-state index contributed by atoms with van der Waals surface area (Å²) < 4.78 is 14.6. The molecule has 6 heteroatoms. The Hall–Kier alpha value is -1.53. The molecule has 100 valence electrons. The maximum absolute atomic E-state index is 13.5. The van der Waals surface area contributed by atoms with Gasteiger partial charge >= 0.3 is 0 Å². The Balaban J connectivity index is 2.34. The fraction of sp³-hybridized carbons (Fsp3) is 0.154. The summed E-state index contributed by atoms with van der Waals surface area (Å²) in [7, 11) is 0. The van der Waals surface area contributed by atoms with E-state index in [2.05, 4.69) is 5.32 Å². The number of thioether (sulfide) groups is 1. The molecule has 0 unspecified atom stereocenters. The third-order valence-corrected chi connectivity index (χ3v) is 4.84. The van der Waals surface area contributed by atoms with E-state index in [1.807, 2.05) is 12.3 Å². The van der Waals surface area contributed by atoms with Crippen molar-refractivity contribution in [3.8, 4) is 0 Å². The number of hydrogen-bond donors (Lipinski definition) is 3. The predicted molar refractivity (Wildman–Crippen MR) is 81.5 cm³/mol. The van der Waals surface area contributed by atoms with Crippen molar-refractivity contribution in [3.05, 3.63) is 40.5 Å². The molecule has 0 saturated heterocycles. The SMILES string of the molecule is CSc1cc(Nc2ccc(C)c(F)c2)c(C(=N)N)s1. The maximum atomic E-state index is 13.5. The van der Waals surface area contributed by atoms with Crippen LogP contribution in [0.5, 0.6) is 0 Å². The van der Waals surface area contributed by atoms with Gasteiger partial charge in [0.2, 0.25) is 0 Å². The highest BCUT2D eigenvalue weighted by atomic mass is 32.2. The zero-order valence-corrected chi connectivity index (χ0v) is 12.2. The number of aryl methyl sites for hydroxylation is 1. The van der Waals surface area contributed by atoms with Crippen LogP contribution in [0.25, 0.3) is 0 Å². The van der Waals surface area contributed by atoms with E-state index >= 15 is 0 Å². The summed E-state index contributed by atoms with van der Waals surface area (Å²) >= 11 is 3.04. The Morgan fingerprint density at radius 1 is 1.42 bits per heavy atom. The number of nitrogen functional groups attached to an aromatic ring is 1. The largest absolute Gasteiger partial charge is 0.383 e. The summed E-state index contributed by atoms with van der Waals surface area (Å²) in [4.78, 5) is 0.672. The van der Waals surface area contributed by atoms with Crippen LogP contribution >= 0.6 is 23.1 Å². The number of halogens is 1. The lowest BCUT2D eigenvalue weighted by molar-refractivity contribution is 0.619. The second-order valence-corrected chi connectivity index (χ2v) is 6.17. The number of benzene rings is 1. The van der Waals surface area contributed by atoms with E-state index in [0.29, 0.717) is 16.1 Å². The standard InChI is InChI=1S/C13H14FN3S2/c1-7-3-4-8(5-9(7)14)17-10-6-11(18-2)19-12(10)13(15)16/h3-6,17H,1-2H3,(H3,15,16). The summed E-state index contributed by atoms with van der Waals surface area (Å²) in [6, 6.07) is 6.88. The van der Waals surface area contributed by atoms with E-state index in [1.165, 1.54) is 17.4 Å². The van der Waals surface area contributed by atoms with Crippen molar-refractivity contribution in [2.24, 2.45) is 5.73 Å². The zero-order valence-electron chi connectivity index (χ0n) is 10.6. The van der Waals surface area contributed by atoms with Crippen molar-refractivity contribution in [1.29, 1.82) is 5.41 Å². The van der Waals surface area contributed by atoms with Gasteiger partial charge in [-0.3, -0.25) is 5.41 Å². The summed E-state index contributed by atoms with van der Waals surface area (Å²) in [6.07, 6.45) is 1.96. The Kier molecular flexibility index (Phi) is 4.11. The molecule has 2 rings (SSSR count). The first-order valence-corrected chi connectivity index (χ1v) is 7.60. The van der Waals surface area contributed by atoms with Gasteiger partial charge < -0.3 is 11.1 Å². The molecule has 0 saturated carbocycles. The minimum Gasteiger partial charge on any atom is -0.383 e. The van der Waals surface area contributed by atoms with Crippen LogP contribution in [-0.4, -0.2) is 12.1 Å². The first-order valence-electron chi connectivity index (χ1n) is 5.56. The predicted octanol–water partition coefficient (Wildman–Crippen LogP) is 3.95. The van der Waals surface area contributed by atoms with Crippen molar-refractivity contribution in [1.82, 2.24) is 0 Å². The Labute approximate surface area is 119 Å². The van der Waals surface area contributed by atoms with Gasteiger partial charge in [0.15, 0.2) is 0 Å². The number of nitrogens with one attached hydrogen (secondary N) is 2. The van der Waals surface area contributed by atoms with Gasteiger partial charge in [-0.25, -0.2) is 4.39 Å². The highest BCUT2D eigenvalue weighted by molar-refractivity contribution is 8.00. The molecule has 0 aliphatic carbocycles. The van der Waals surface area contributed by atoms with Crippen molar-refractivity contribution < 1.29 is 4.39 Å². The minimum absolute atomic E-state index is 0.0142. The van der Waals surface area contributed by atoms with Crippen molar-refractivity contribution in [3.63, 3.8) is 0 Å². The first-order chi connectivity index (χ1) is 9.01. The van der Waals surface area contributed by atoms with E-state index < -0.39 is 0 Å². The lowest BCUT2D eigenvalue weighted by Gasteiger charge is -2.07. The molecule has 1 aromatic heterocycles. The molecule has 0 radical (unpaired) electrons. The third-order valence-electron chi connectivity index (χ3n) is 2.61. The highest BCUT2D eigenvalue weighted by Gasteiger charge is 2.12. The lowest BCUT2D eigenvalue weighted by atomic mass is 10.2. The molecule has 0 amide bonds. The van der Waals surface area contributed by atoms with Crippen molar-refractivity contribution in [2.45, 2.75) is 11.1 Å². The van der Waals surface area contributed by atoms with Crippen LogP contribution < -0.4 is 11.1 Å². The Morgan fingerprint density at radius 2 is 2.16 bits per heavy atom. The van der Waals surface area contributed by atoms with Gasteiger partial charge in [-0.1, -0.05) is 6.07 Å². The van der Waals surface area contributed by atoms with E-state index in [1.54, 1.807) is 30.8 Å². The molecule has 19 heavy (non-hydrogen) atoms. The van der Waals surface area contributed by atoms with Crippen LogP contribution in [-0.2, 0) is 0 Å². The van der Waals surface area contributed by atoms with Crippen molar-refractivity contribution in [2.75, 3.05) is 11.6 Å². The van der Waals surface area contributed by atoms with Gasteiger partial charge in [-0.2, -0.15) is 0 Å². The number of thiophene rings is 1. The van der Waals surface area contributed by atoms with Gasteiger partial charge in [0.05, 0.1) is 14.8 Å². The van der Waals surface area contributed by atoms with Crippen LogP contribution in [0.3, 0.4) is 0 Å². The lowest BCUT2D eigenvalue weighted by Crippen LogP contribution is -2.10.